The maximum atomic E-state index is 12.7. The van der Waals surface area contributed by atoms with Crippen molar-refractivity contribution in [2.45, 2.75) is 230 Å². The zero-order valence-corrected chi connectivity index (χ0v) is 34.9. The molecule has 0 spiro atoms. The van der Waals surface area contributed by atoms with Gasteiger partial charge in [-0.05, 0) is 64.2 Å². The fraction of sp³-hybridized carbons (Fsp3) is 0.867. The molecule has 1 rings (SSSR count). The van der Waals surface area contributed by atoms with Gasteiger partial charge in [0.2, 0.25) is 0 Å². The van der Waals surface area contributed by atoms with Gasteiger partial charge >= 0.3 is 11.9 Å². The molecule has 0 aromatic heterocycles. The van der Waals surface area contributed by atoms with Crippen molar-refractivity contribution in [2.24, 2.45) is 0 Å². The Morgan fingerprint density at radius 2 is 0.964 bits per heavy atom. The van der Waals surface area contributed by atoms with E-state index < -0.39 is 49.4 Å². The average Bonchev–Trinajstić information content (AvgIpc) is 3.18. The summed E-state index contributed by atoms with van der Waals surface area (Å²) in [7, 11) is 0. The quantitative estimate of drug-likeness (QED) is 0.0273. The SMILES string of the molecule is CCCCCC/C=C/CCCCCCCCCCCC(=O)OC[C@@H](CO[C@H]1O[C@@H](CO)[C@@H](O)C(O)C1O)OC(=O)CCCCC/C=C/CCCCCCCC. The molecule has 0 aromatic carbocycles. The highest BCUT2D eigenvalue weighted by Gasteiger charge is 2.44. The van der Waals surface area contributed by atoms with E-state index in [9.17, 15) is 30.0 Å². The molecular weight excluding hydrogens is 700 g/mol. The predicted molar refractivity (Wildman–Crippen MR) is 219 cm³/mol. The van der Waals surface area contributed by atoms with Gasteiger partial charge in [-0.2, -0.15) is 0 Å². The van der Waals surface area contributed by atoms with Crippen molar-refractivity contribution in [3.05, 3.63) is 24.3 Å². The van der Waals surface area contributed by atoms with Crippen molar-refractivity contribution in [1.29, 1.82) is 0 Å². The first-order valence-corrected chi connectivity index (χ1v) is 22.4. The molecule has 1 heterocycles. The lowest BCUT2D eigenvalue weighted by Gasteiger charge is -2.39. The molecule has 2 unspecified atom stereocenters. The number of carbonyl (C=O) groups is 2. The third-order valence-corrected chi connectivity index (χ3v) is 10.3. The summed E-state index contributed by atoms with van der Waals surface area (Å²) in [5, 5.41) is 40.0. The summed E-state index contributed by atoms with van der Waals surface area (Å²) in [4.78, 5) is 25.3. The number of hydrogen-bond donors (Lipinski definition) is 4. The van der Waals surface area contributed by atoms with Gasteiger partial charge in [0.15, 0.2) is 12.4 Å². The second-order valence-electron chi connectivity index (χ2n) is 15.5. The number of aliphatic hydroxyl groups is 4. The molecule has 10 heteroatoms. The minimum absolute atomic E-state index is 0.211. The standard InChI is InChI=1S/C45H82O10/c1-3-5-7-9-11-13-15-17-18-19-20-22-23-25-27-29-31-33-40(47)52-36-38(37-53-45-44(51)43(50)42(49)39(35-46)55-45)54-41(48)34-32-30-28-26-24-21-16-14-12-10-8-6-4-2/h13,15,21,24,38-39,42-46,49-51H,3-12,14,16-20,22-23,25-37H2,1-2H3/b15-13+,24-21+/t38-,39-,42+,43?,44?,45-/m0/s1. The smallest absolute Gasteiger partial charge is 0.306 e. The van der Waals surface area contributed by atoms with Crippen LogP contribution in [0.1, 0.15) is 194 Å². The minimum atomic E-state index is -1.60. The fourth-order valence-electron chi connectivity index (χ4n) is 6.71. The van der Waals surface area contributed by atoms with Crippen LogP contribution < -0.4 is 0 Å². The Kier molecular flexibility index (Phi) is 34.0. The zero-order valence-electron chi connectivity index (χ0n) is 34.9. The first-order chi connectivity index (χ1) is 26.8. The molecule has 1 aliphatic heterocycles. The van der Waals surface area contributed by atoms with E-state index in [0.29, 0.717) is 6.42 Å². The van der Waals surface area contributed by atoms with Crippen molar-refractivity contribution in [3.8, 4) is 0 Å². The molecule has 10 nitrogen and oxygen atoms in total. The van der Waals surface area contributed by atoms with Gasteiger partial charge < -0.3 is 39.4 Å². The van der Waals surface area contributed by atoms with E-state index in [4.69, 9.17) is 18.9 Å². The third kappa shape index (κ3) is 28.3. The first-order valence-electron chi connectivity index (χ1n) is 22.4. The van der Waals surface area contributed by atoms with E-state index in [1.54, 1.807) is 0 Å². The Balaban J connectivity index is 2.33. The number of allylic oxidation sites excluding steroid dienone is 4. The van der Waals surface area contributed by atoms with Gasteiger partial charge in [-0.15, -0.1) is 0 Å². The van der Waals surface area contributed by atoms with E-state index >= 15 is 0 Å². The Morgan fingerprint density at radius 1 is 0.545 bits per heavy atom. The maximum Gasteiger partial charge on any atom is 0.306 e. The molecule has 1 saturated heterocycles. The largest absolute Gasteiger partial charge is 0.462 e. The summed E-state index contributed by atoms with van der Waals surface area (Å²) in [6.07, 6.45) is 31.8. The van der Waals surface area contributed by atoms with Crippen LogP contribution in [0.15, 0.2) is 24.3 Å². The van der Waals surface area contributed by atoms with E-state index in [1.165, 1.54) is 109 Å². The molecule has 0 saturated carbocycles. The Labute approximate surface area is 334 Å². The highest BCUT2D eigenvalue weighted by atomic mass is 16.7. The Bertz CT molecular complexity index is 954. The van der Waals surface area contributed by atoms with Gasteiger partial charge in [0, 0.05) is 12.8 Å². The number of rotatable bonds is 37. The lowest BCUT2D eigenvalue weighted by molar-refractivity contribution is -0.305. The summed E-state index contributed by atoms with van der Waals surface area (Å²) in [5.41, 5.74) is 0. The van der Waals surface area contributed by atoms with Crippen LogP contribution in [0.2, 0.25) is 0 Å². The lowest BCUT2D eigenvalue weighted by atomic mass is 9.99. The topological polar surface area (TPSA) is 152 Å². The monoisotopic (exact) mass is 783 g/mol. The fourth-order valence-corrected chi connectivity index (χ4v) is 6.71. The minimum Gasteiger partial charge on any atom is -0.462 e. The molecule has 0 radical (unpaired) electrons. The van der Waals surface area contributed by atoms with E-state index in [2.05, 4.69) is 38.2 Å². The van der Waals surface area contributed by atoms with Crippen LogP contribution in [0.3, 0.4) is 0 Å². The average molecular weight is 783 g/mol. The normalized spacial score (nSPS) is 20.7. The number of unbranched alkanes of at least 4 members (excludes halogenated alkanes) is 22. The number of aliphatic hydroxyl groups excluding tert-OH is 4. The van der Waals surface area contributed by atoms with Crippen molar-refractivity contribution in [1.82, 2.24) is 0 Å². The van der Waals surface area contributed by atoms with Gasteiger partial charge in [-0.3, -0.25) is 9.59 Å². The van der Waals surface area contributed by atoms with Gasteiger partial charge in [-0.25, -0.2) is 0 Å². The number of carbonyl (C=O) groups excluding carboxylic acids is 2. The zero-order chi connectivity index (χ0) is 40.2. The third-order valence-electron chi connectivity index (χ3n) is 10.3. The van der Waals surface area contributed by atoms with Gasteiger partial charge in [-0.1, -0.05) is 141 Å². The van der Waals surface area contributed by atoms with Crippen molar-refractivity contribution >= 4 is 11.9 Å². The van der Waals surface area contributed by atoms with Gasteiger partial charge in [0.1, 0.15) is 31.0 Å². The van der Waals surface area contributed by atoms with E-state index in [-0.39, 0.29) is 32.0 Å². The van der Waals surface area contributed by atoms with Crippen molar-refractivity contribution in [3.63, 3.8) is 0 Å². The highest BCUT2D eigenvalue weighted by Crippen LogP contribution is 2.22. The van der Waals surface area contributed by atoms with Crippen LogP contribution in [0, 0.1) is 0 Å². The summed E-state index contributed by atoms with van der Waals surface area (Å²) >= 11 is 0. The molecular formula is C45H82O10. The van der Waals surface area contributed by atoms with Crippen LogP contribution in [0.5, 0.6) is 0 Å². The molecule has 4 N–H and O–H groups in total. The number of ether oxygens (including phenoxy) is 4. The number of esters is 2. The highest BCUT2D eigenvalue weighted by molar-refractivity contribution is 5.70. The lowest BCUT2D eigenvalue weighted by Crippen LogP contribution is -2.59. The second-order valence-corrected chi connectivity index (χ2v) is 15.5. The molecule has 0 bridgehead atoms. The number of hydrogen-bond acceptors (Lipinski definition) is 10. The van der Waals surface area contributed by atoms with Gasteiger partial charge in [0.25, 0.3) is 0 Å². The first kappa shape index (κ1) is 51.2. The maximum absolute atomic E-state index is 12.7. The van der Waals surface area contributed by atoms with E-state index in [0.717, 1.165) is 51.4 Å². The van der Waals surface area contributed by atoms with Crippen LogP contribution in [0.4, 0.5) is 0 Å². The summed E-state index contributed by atoms with van der Waals surface area (Å²) in [5.74, 6) is -0.824. The molecule has 0 aliphatic carbocycles. The molecule has 0 aromatic rings. The predicted octanol–water partition coefficient (Wildman–Crippen LogP) is 9.33. The molecule has 322 valence electrons. The molecule has 1 aliphatic rings. The molecule has 0 amide bonds. The molecule has 6 atom stereocenters. The van der Waals surface area contributed by atoms with Crippen LogP contribution >= 0.6 is 0 Å². The Hall–Kier alpha value is -1.82. The second kappa shape index (κ2) is 36.5. The van der Waals surface area contributed by atoms with Crippen molar-refractivity contribution in [2.75, 3.05) is 19.8 Å². The molecule has 1 fully saturated rings. The van der Waals surface area contributed by atoms with E-state index in [1.807, 2.05) is 0 Å². The van der Waals surface area contributed by atoms with Crippen molar-refractivity contribution < 1.29 is 49.0 Å². The molecule has 55 heavy (non-hydrogen) atoms. The summed E-state index contributed by atoms with van der Waals surface area (Å²) < 4.78 is 22.1. The summed E-state index contributed by atoms with van der Waals surface area (Å²) in [6, 6.07) is 0. The van der Waals surface area contributed by atoms with Gasteiger partial charge in [0.05, 0.1) is 13.2 Å². The summed E-state index contributed by atoms with van der Waals surface area (Å²) in [6.45, 7) is 3.39. The Morgan fingerprint density at radius 3 is 1.45 bits per heavy atom. The van der Waals surface area contributed by atoms with Crippen LogP contribution in [0.25, 0.3) is 0 Å². The van der Waals surface area contributed by atoms with Crippen LogP contribution in [-0.4, -0.2) is 89.0 Å². The van der Waals surface area contributed by atoms with Crippen LogP contribution in [-0.2, 0) is 28.5 Å².